The molecule has 1 aliphatic heterocycles. The first-order chi connectivity index (χ1) is 12.3. The number of ether oxygens (including phenoxy) is 1. The van der Waals surface area contributed by atoms with E-state index in [1.165, 1.54) is 17.0 Å². The van der Waals surface area contributed by atoms with Crippen LogP contribution in [-0.4, -0.2) is 25.0 Å². The lowest BCUT2D eigenvalue weighted by molar-refractivity contribution is -0.137. The summed E-state index contributed by atoms with van der Waals surface area (Å²) in [5, 5.41) is 2.52. The Morgan fingerprint density at radius 2 is 1.81 bits per heavy atom. The molecule has 0 atom stereocenters. The molecule has 0 fully saturated rings. The molecule has 136 valence electrons. The van der Waals surface area contributed by atoms with Gasteiger partial charge in [-0.05, 0) is 36.4 Å². The van der Waals surface area contributed by atoms with Gasteiger partial charge in [-0.3, -0.25) is 9.59 Å². The lowest BCUT2D eigenvalue weighted by Gasteiger charge is -2.29. The molecule has 5 nitrogen and oxygen atoms in total. The van der Waals surface area contributed by atoms with Crippen LogP contribution in [0, 0.1) is 0 Å². The van der Waals surface area contributed by atoms with E-state index in [0.29, 0.717) is 11.4 Å². The van der Waals surface area contributed by atoms with Crippen LogP contribution >= 0.6 is 0 Å². The van der Waals surface area contributed by atoms with Gasteiger partial charge in [-0.25, -0.2) is 0 Å². The highest BCUT2D eigenvalue weighted by atomic mass is 19.4. The fourth-order valence-electron chi connectivity index (χ4n) is 2.58. The number of anilines is 2. The van der Waals surface area contributed by atoms with Crippen LogP contribution in [0.15, 0.2) is 48.5 Å². The van der Waals surface area contributed by atoms with Crippen LogP contribution in [-0.2, 0) is 15.8 Å². The van der Waals surface area contributed by atoms with Gasteiger partial charge in [-0.15, -0.1) is 0 Å². The first-order valence-electron chi connectivity index (χ1n) is 7.84. The van der Waals surface area contributed by atoms with Gasteiger partial charge in [-0.2, -0.15) is 13.2 Å². The summed E-state index contributed by atoms with van der Waals surface area (Å²) in [6.45, 7) is 0.0449. The molecule has 0 radical (unpaired) electrons. The summed E-state index contributed by atoms with van der Waals surface area (Å²) >= 11 is 0. The van der Waals surface area contributed by atoms with Crippen LogP contribution in [0.25, 0.3) is 0 Å². The minimum absolute atomic E-state index is 0.00109. The highest BCUT2D eigenvalue weighted by molar-refractivity contribution is 5.99. The third kappa shape index (κ3) is 3.96. The topological polar surface area (TPSA) is 58.6 Å². The number of amides is 2. The molecule has 0 bridgehead atoms. The van der Waals surface area contributed by atoms with Crippen molar-refractivity contribution in [1.29, 1.82) is 0 Å². The molecule has 3 rings (SSSR count). The monoisotopic (exact) mass is 364 g/mol. The number of benzene rings is 2. The predicted molar refractivity (Wildman–Crippen MR) is 89.0 cm³/mol. The fraction of sp³-hybridized carbons (Fsp3) is 0.222. The van der Waals surface area contributed by atoms with E-state index in [1.807, 2.05) is 0 Å². The predicted octanol–water partition coefficient (Wildman–Crippen LogP) is 3.46. The van der Waals surface area contributed by atoms with Crippen LogP contribution in [0.4, 0.5) is 24.5 Å². The quantitative estimate of drug-likeness (QED) is 0.904. The molecule has 8 heteroatoms. The maximum Gasteiger partial charge on any atom is 0.416 e. The molecule has 0 unspecified atom stereocenters. The molecular weight excluding hydrogens is 349 g/mol. The van der Waals surface area contributed by atoms with Gasteiger partial charge in [-0.1, -0.05) is 12.1 Å². The van der Waals surface area contributed by atoms with Gasteiger partial charge in [0.15, 0.2) is 6.61 Å². The number of rotatable bonds is 4. The SMILES string of the molecule is O=C(CCN1C(=O)COc2ccccc21)Nc1ccc(C(F)(F)F)cc1. The van der Waals surface area contributed by atoms with Gasteiger partial charge in [0.05, 0.1) is 11.3 Å². The number of para-hydroxylation sites is 2. The van der Waals surface area contributed by atoms with Crippen molar-refractivity contribution in [2.45, 2.75) is 12.6 Å². The number of nitrogens with one attached hydrogen (secondary N) is 1. The van der Waals surface area contributed by atoms with Crippen LogP contribution in [0.3, 0.4) is 0 Å². The first-order valence-corrected chi connectivity index (χ1v) is 7.84. The van der Waals surface area contributed by atoms with Gasteiger partial charge in [0.2, 0.25) is 5.91 Å². The van der Waals surface area contributed by atoms with Crippen molar-refractivity contribution >= 4 is 23.2 Å². The zero-order valence-corrected chi connectivity index (χ0v) is 13.5. The van der Waals surface area contributed by atoms with Crippen molar-refractivity contribution in [2.24, 2.45) is 0 Å². The number of hydrogen-bond donors (Lipinski definition) is 1. The second-order valence-corrected chi connectivity index (χ2v) is 5.68. The number of carbonyl (C=O) groups excluding carboxylic acids is 2. The minimum Gasteiger partial charge on any atom is -0.482 e. The number of fused-ring (bicyclic) bond motifs is 1. The maximum atomic E-state index is 12.5. The van der Waals surface area contributed by atoms with Gasteiger partial charge in [0.25, 0.3) is 5.91 Å². The number of hydrogen-bond acceptors (Lipinski definition) is 3. The molecular formula is C18H15F3N2O3. The third-order valence-electron chi connectivity index (χ3n) is 3.87. The second-order valence-electron chi connectivity index (χ2n) is 5.68. The van der Waals surface area contributed by atoms with Crippen molar-refractivity contribution in [3.05, 3.63) is 54.1 Å². The van der Waals surface area contributed by atoms with Crippen LogP contribution in [0.5, 0.6) is 5.75 Å². The number of halogens is 3. The number of carbonyl (C=O) groups is 2. The summed E-state index contributed by atoms with van der Waals surface area (Å²) in [4.78, 5) is 25.5. The molecule has 0 aromatic heterocycles. The zero-order valence-electron chi connectivity index (χ0n) is 13.5. The van der Waals surface area contributed by atoms with Gasteiger partial charge in [0.1, 0.15) is 5.75 Å². The Labute approximate surface area is 147 Å². The van der Waals surface area contributed by atoms with Crippen LogP contribution in [0.1, 0.15) is 12.0 Å². The Morgan fingerprint density at radius 1 is 1.12 bits per heavy atom. The molecule has 1 N–H and O–H groups in total. The zero-order chi connectivity index (χ0) is 18.7. The summed E-state index contributed by atoms with van der Waals surface area (Å²) in [6.07, 6.45) is -4.42. The van der Waals surface area contributed by atoms with Crippen molar-refractivity contribution < 1.29 is 27.5 Å². The average molecular weight is 364 g/mol. The van der Waals surface area contributed by atoms with E-state index in [1.54, 1.807) is 24.3 Å². The molecule has 26 heavy (non-hydrogen) atoms. The van der Waals surface area contributed by atoms with Crippen molar-refractivity contribution in [3.8, 4) is 5.75 Å². The van der Waals surface area contributed by atoms with E-state index < -0.39 is 17.6 Å². The normalized spacial score (nSPS) is 13.8. The second kappa shape index (κ2) is 7.07. The average Bonchev–Trinajstić information content (AvgIpc) is 2.60. The van der Waals surface area contributed by atoms with E-state index in [9.17, 15) is 22.8 Å². The lowest BCUT2D eigenvalue weighted by Crippen LogP contribution is -2.40. The molecule has 0 aliphatic carbocycles. The highest BCUT2D eigenvalue weighted by Gasteiger charge is 2.30. The smallest absolute Gasteiger partial charge is 0.416 e. The van der Waals surface area contributed by atoms with Gasteiger partial charge in [0, 0.05) is 18.7 Å². The first kappa shape index (κ1) is 17.8. The molecule has 0 saturated heterocycles. The summed E-state index contributed by atoms with van der Waals surface area (Å²) in [7, 11) is 0. The fourth-order valence-corrected chi connectivity index (χ4v) is 2.58. The van der Waals surface area contributed by atoms with E-state index >= 15 is 0 Å². The summed E-state index contributed by atoms with van der Waals surface area (Å²) in [5.74, 6) is -0.0946. The Kier molecular flexibility index (Phi) is 4.83. The summed E-state index contributed by atoms with van der Waals surface area (Å²) in [5.41, 5.74) is 0.0637. The van der Waals surface area contributed by atoms with E-state index in [4.69, 9.17) is 4.74 Å². The molecule has 0 saturated carbocycles. The number of nitrogens with zero attached hydrogens (tertiary/aromatic N) is 1. The Morgan fingerprint density at radius 3 is 2.50 bits per heavy atom. The summed E-state index contributed by atoms with van der Waals surface area (Å²) in [6, 6.07) is 11.2. The molecule has 1 aliphatic rings. The molecule has 2 aromatic rings. The Hall–Kier alpha value is -3.03. The standard InChI is InChI=1S/C18H15F3N2O3/c19-18(20,21)12-5-7-13(8-6-12)22-16(24)9-10-23-14-3-1-2-4-15(14)26-11-17(23)25/h1-8H,9-11H2,(H,22,24). The summed E-state index contributed by atoms with van der Waals surface area (Å²) < 4.78 is 42.9. The van der Waals surface area contributed by atoms with Crippen LogP contribution < -0.4 is 15.0 Å². The van der Waals surface area contributed by atoms with E-state index in [2.05, 4.69) is 5.32 Å². The molecule has 1 heterocycles. The van der Waals surface area contributed by atoms with Gasteiger partial charge < -0.3 is 15.0 Å². The van der Waals surface area contributed by atoms with Crippen LogP contribution in [0.2, 0.25) is 0 Å². The number of alkyl halides is 3. The Bertz CT molecular complexity index is 819. The minimum atomic E-state index is -4.42. The molecule has 2 amide bonds. The Balaban J connectivity index is 1.60. The molecule has 2 aromatic carbocycles. The lowest BCUT2D eigenvalue weighted by atomic mass is 10.2. The van der Waals surface area contributed by atoms with Crippen molar-refractivity contribution in [3.63, 3.8) is 0 Å². The maximum absolute atomic E-state index is 12.5. The van der Waals surface area contributed by atoms with Crippen molar-refractivity contribution in [2.75, 3.05) is 23.4 Å². The largest absolute Gasteiger partial charge is 0.482 e. The highest BCUT2D eigenvalue weighted by Crippen LogP contribution is 2.32. The van der Waals surface area contributed by atoms with E-state index in [0.717, 1.165) is 12.1 Å². The van der Waals surface area contributed by atoms with Gasteiger partial charge >= 0.3 is 6.18 Å². The third-order valence-corrected chi connectivity index (χ3v) is 3.87. The van der Waals surface area contributed by atoms with E-state index in [-0.39, 0.29) is 31.2 Å². The van der Waals surface area contributed by atoms with Crippen molar-refractivity contribution in [1.82, 2.24) is 0 Å². The molecule has 0 spiro atoms.